The number of pyridine rings is 1. The minimum absolute atomic E-state index is 0.0227. The van der Waals surface area contributed by atoms with E-state index in [0.29, 0.717) is 0 Å². The number of aromatic nitrogens is 1. The highest BCUT2D eigenvalue weighted by atomic mass is 16.6. The van der Waals surface area contributed by atoms with Crippen LogP contribution in [0.1, 0.15) is 24.8 Å². The molecule has 1 aromatic rings. The molecule has 7 heteroatoms. The van der Waals surface area contributed by atoms with Gasteiger partial charge in [0.15, 0.2) is 0 Å². The van der Waals surface area contributed by atoms with Crippen LogP contribution in [0.5, 0.6) is 0 Å². The molecule has 0 aliphatic carbocycles. The molecular formula is C11H13N5O2. The van der Waals surface area contributed by atoms with E-state index in [-0.39, 0.29) is 17.1 Å². The Hall–Kier alpha value is -2.20. The smallest absolute Gasteiger partial charge is 0.297 e. The number of nitrogens with one attached hydrogen (secondary N) is 1. The zero-order valence-corrected chi connectivity index (χ0v) is 9.80. The summed E-state index contributed by atoms with van der Waals surface area (Å²) in [5.74, 6) is 0.140. The molecule has 0 saturated carbocycles. The Balaban J connectivity index is 2.26. The Morgan fingerprint density at radius 3 is 2.78 bits per heavy atom. The Morgan fingerprint density at radius 1 is 1.44 bits per heavy atom. The number of nitro groups is 1. The molecule has 0 bridgehead atoms. The van der Waals surface area contributed by atoms with Crippen LogP contribution in [0.3, 0.4) is 0 Å². The van der Waals surface area contributed by atoms with Gasteiger partial charge in [-0.1, -0.05) is 6.42 Å². The average Bonchev–Trinajstić information content (AvgIpc) is 2.39. The molecule has 94 valence electrons. The molecule has 1 aromatic heterocycles. The number of hydrogen-bond acceptors (Lipinski definition) is 6. The van der Waals surface area contributed by atoms with Crippen molar-refractivity contribution in [2.24, 2.45) is 0 Å². The van der Waals surface area contributed by atoms with Crippen molar-refractivity contribution in [1.29, 1.82) is 5.26 Å². The fourth-order valence-corrected chi connectivity index (χ4v) is 1.97. The van der Waals surface area contributed by atoms with Crippen LogP contribution in [-0.2, 0) is 0 Å². The number of nitrogens with zero attached hydrogens (tertiary/aromatic N) is 4. The molecule has 7 nitrogen and oxygen atoms in total. The van der Waals surface area contributed by atoms with Crippen LogP contribution in [0.2, 0.25) is 0 Å². The van der Waals surface area contributed by atoms with E-state index < -0.39 is 4.92 Å². The first-order chi connectivity index (χ1) is 8.72. The Kier molecular flexibility index (Phi) is 3.69. The molecule has 0 aromatic carbocycles. The van der Waals surface area contributed by atoms with E-state index in [2.05, 4.69) is 10.4 Å². The standard InChI is InChI=1S/C11H13N5O2/c12-8-9-4-5-13-11(10(9)16(17)18)14-15-6-2-1-3-7-15/h4-5H,1-3,6-7H2,(H,13,14). The van der Waals surface area contributed by atoms with Crippen molar-refractivity contribution < 1.29 is 4.92 Å². The number of rotatable bonds is 3. The zero-order chi connectivity index (χ0) is 13.0. The lowest BCUT2D eigenvalue weighted by atomic mass is 10.2. The molecule has 0 amide bonds. The maximum Gasteiger partial charge on any atom is 0.330 e. The SMILES string of the molecule is N#Cc1ccnc(NN2CCCCC2)c1[N+](=O)[O-]. The number of nitriles is 1. The van der Waals surface area contributed by atoms with Gasteiger partial charge < -0.3 is 0 Å². The summed E-state index contributed by atoms with van der Waals surface area (Å²) in [5, 5.41) is 21.8. The average molecular weight is 247 g/mol. The van der Waals surface area contributed by atoms with Gasteiger partial charge in [0.25, 0.3) is 0 Å². The number of hydrazine groups is 1. The van der Waals surface area contributed by atoms with Gasteiger partial charge in [-0.15, -0.1) is 0 Å². The first-order valence-corrected chi connectivity index (χ1v) is 5.77. The van der Waals surface area contributed by atoms with Crippen LogP contribution in [0.25, 0.3) is 0 Å². The van der Waals surface area contributed by atoms with E-state index in [0.717, 1.165) is 25.9 Å². The highest BCUT2D eigenvalue weighted by molar-refractivity contribution is 5.63. The van der Waals surface area contributed by atoms with Crippen molar-refractivity contribution in [3.8, 4) is 6.07 Å². The molecule has 2 rings (SSSR count). The fraction of sp³-hybridized carbons (Fsp3) is 0.455. The highest BCUT2D eigenvalue weighted by Gasteiger charge is 2.23. The Bertz CT molecular complexity index is 491. The molecule has 18 heavy (non-hydrogen) atoms. The van der Waals surface area contributed by atoms with Crippen molar-refractivity contribution in [3.63, 3.8) is 0 Å². The van der Waals surface area contributed by atoms with Crippen LogP contribution in [0.4, 0.5) is 11.5 Å². The normalized spacial score (nSPS) is 15.9. The predicted molar refractivity (Wildman–Crippen MR) is 64.7 cm³/mol. The van der Waals surface area contributed by atoms with Crippen LogP contribution < -0.4 is 5.43 Å². The minimum Gasteiger partial charge on any atom is -0.297 e. The predicted octanol–water partition coefficient (Wildman–Crippen LogP) is 1.67. The van der Waals surface area contributed by atoms with Gasteiger partial charge in [-0.2, -0.15) is 5.26 Å². The lowest BCUT2D eigenvalue weighted by Gasteiger charge is -2.27. The summed E-state index contributed by atoms with van der Waals surface area (Å²) in [4.78, 5) is 14.4. The van der Waals surface area contributed by atoms with Gasteiger partial charge in [-0.3, -0.25) is 15.5 Å². The highest BCUT2D eigenvalue weighted by Crippen LogP contribution is 2.26. The Morgan fingerprint density at radius 2 is 2.17 bits per heavy atom. The molecule has 2 heterocycles. The van der Waals surface area contributed by atoms with Crippen molar-refractivity contribution in [2.75, 3.05) is 18.5 Å². The molecule has 0 atom stereocenters. The minimum atomic E-state index is -0.572. The van der Waals surface area contributed by atoms with Crippen molar-refractivity contribution in [2.45, 2.75) is 19.3 Å². The molecule has 1 N–H and O–H groups in total. The lowest BCUT2D eigenvalue weighted by Crippen LogP contribution is -2.35. The van der Waals surface area contributed by atoms with Crippen molar-refractivity contribution >= 4 is 11.5 Å². The van der Waals surface area contributed by atoms with E-state index in [1.165, 1.54) is 18.7 Å². The first kappa shape index (κ1) is 12.3. The maximum atomic E-state index is 11.0. The van der Waals surface area contributed by atoms with Gasteiger partial charge in [-0.25, -0.2) is 9.99 Å². The van der Waals surface area contributed by atoms with Crippen molar-refractivity contribution in [1.82, 2.24) is 9.99 Å². The van der Waals surface area contributed by atoms with Gasteiger partial charge in [0.1, 0.15) is 11.6 Å². The summed E-state index contributed by atoms with van der Waals surface area (Å²) in [6.07, 6.45) is 4.68. The molecule has 1 saturated heterocycles. The summed E-state index contributed by atoms with van der Waals surface area (Å²) in [7, 11) is 0. The Labute approximate surface area is 104 Å². The third-order valence-electron chi connectivity index (χ3n) is 2.85. The second-order valence-electron chi connectivity index (χ2n) is 4.08. The van der Waals surface area contributed by atoms with Gasteiger partial charge in [0.2, 0.25) is 5.82 Å². The second kappa shape index (κ2) is 5.42. The van der Waals surface area contributed by atoms with Crippen LogP contribution in [0.15, 0.2) is 12.3 Å². The summed E-state index contributed by atoms with van der Waals surface area (Å²) < 4.78 is 0. The molecule has 1 aliphatic heterocycles. The molecule has 1 fully saturated rings. The second-order valence-corrected chi connectivity index (χ2v) is 4.08. The van der Waals surface area contributed by atoms with Gasteiger partial charge in [-0.05, 0) is 18.9 Å². The van der Waals surface area contributed by atoms with Crippen LogP contribution >= 0.6 is 0 Å². The fourth-order valence-electron chi connectivity index (χ4n) is 1.97. The number of hydrogen-bond donors (Lipinski definition) is 1. The summed E-state index contributed by atoms with van der Waals surface area (Å²) in [6.45, 7) is 1.66. The molecular weight excluding hydrogens is 234 g/mol. The van der Waals surface area contributed by atoms with Gasteiger partial charge >= 0.3 is 5.69 Å². The number of anilines is 1. The van der Waals surface area contributed by atoms with Crippen LogP contribution in [-0.4, -0.2) is 28.0 Å². The van der Waals surface area contributed by atoms with Crippen molar-refractivity contribution in [3.05, 3.63) is 27.9 Å². The third kappa shape index (κ3) is 2.55. The van der Waals surface area contributed by atoms with E-state index in [1.54, 1.807) is 0 Å². The summed E-state index contributed by atoms with van der Waals surface area (Å²) >= 11 is 0. The first-order valence-electron chi connectivity index (χ1n) is 5.77. The molecule has 0 spiro atoms. The topological polar surface area (TPSA) is 95.1 Å². The molecule has 1 aliphatic rings. The quantitative estimate of drug-likeness (QED) is 0.644. The lowest BCUT2D eigenvalue weighted by molar-refractivity contribution is -0.384. The molecule has 0 unspecified atom stereocenters. The van der Waals surface area contributed by atoms with E-state index in [9.17, 15) is 10.1 Å². The number of piperidine rings is 1. The third-order valence-corrected chi connectivity index (χ3v) is 2.85. The van der Waals surface area contributed by atoms with E-state index in [1.807, 2.05) is 11.1 Å². The zero-order valence-electron chi connectivity index (χ0n) is 9.80. The van der Waals surface area contributed by atoms with Gasteiger partial charge in [0.05, 0.1) is 4.92 Å². The van der Waals surface area contributed by atoms with E-state index in [4.69, 9.17) is 5.26 Å². The molecule has 0 radical (unpaired) electrons. The summed E-state index contributed by atoms with van der Waals surface area (Å²) in [5.41, 5.74) is 2.70. The van der Waals surface area contributed by atoms with Gasteiger partial charge in [0, 0.05) is 19.3 Å². The monoisotopic (exact) mass is 247 g/mol. The largest absolute Gasteiger partial charge is 0.330 e. The summed E-state index contributed by atoms with van der Waals surface area (Å²) in [6, 6.07) is 3.16. The van der Waals surface area contributed by atoms with Crippen LogP contribution in [0, 0.1) is 21.4 Å². The van der Waals surface area contributed by atoms with E-state index >= 15 is 0 Å². The maximum absolute atomic E-state index is 11.0.